The van der Waals surface area contributed by atoms with Crippen molar-refractivity contribution in [3.63, 3.8) is 0 Å². The first-order valence-corrected chi connectivity index (χ1v) is 9.35. The Kier molecular flexibility index (Phi) is 6.82. The van der Waals surface area contributed by atoms with E-state index in [9.17, 15) is 4.79 Å². The Labute approximate surface area is 153 Å². The summed E-state index contributed by atoms with van der Waals surface area (Å²) in [4.78, 5) is 12.2. The van der Waals surface area contributed by atoms with Crippen LogP contribution in [-0.4, -0.2) is 32.5 Å². The summed E-state index contributed by atoms with van der Waals surface area (Å²) in [5.41, 5.74) is 2.18. The van der Waals surface area contributed by atoms with Crippen molar-refractivity contribution in [3.05, 3.63) is 42.5 Å². The number of hydrogen-bond donors (Lipinski definition) is 1. The summed E-state index contributed by atoms with van der Waals surface area (Å²) in [5, 5.41) is 12.1. The van der Waals surface area contributed by atoms with E-state index in [1.807, 2.05) is 29.7 Å². The van der Waals surface area contributed by atoms with E-state index in [4.69, 9.17) is 0 Å². The predicted octanol–water partition coefficient (Wildman–Crippen LogP) is 3.69. The lowest BCUT2D eigenvalue weighted by Crippen LogP contribution is -2.33. The maximum absolute atomic E-state index is 12.2. The minimum atomic E-state index is -0.239. The van der Waals surface area contributed by atoms with E-state index in [0.29, 0.717) is 19.0 Å². The van der Waals surface area contributed by atoms with Crippen LogP contribution in [0, 0.1) is 12.8 Å². The number of rotatable bonds is 8. The van der Waals surface area contributed by atoms with Gasteiger partial charge in [0.15, 0.2) is 11.0 Å². The van der Waals surface area contributed by atoms with Gasteiger partial charge in [-0.3, -0.25) is 9.36 Å². The van der Waals surface area contributed by atoms with Crippen LogP contribution in [0.15, 0.2) is 42.1 Å². The van der Waals surface area contributed by atoms with Crippen LogP contribution in [0.5, 0.6) is 0 Å². The van der Waals surface area contributed by atoms with Gasteiger partial charge in [0.05, 0.1) is 5.25 Å². The predicted molar refractivity (Wildman–Crippen MR) is 104 cm³/mol. The third-order valence-corrected chi connectivity index (χ3v) is 4.72. The van der Waals surface area contributed by atoms with Gasteiger partial charge in [0.25, 0.3) is 0 Å². The molecule has 1 aromatic heterocycles. The monoisotopic (exact) mass is 358 g/mol. The molecule has 1 N–H and O–H groups in total. The SMILES string of the molecule is C=CCn1c(SC(C)C(=O)NCC(C)C)nnc1-c1cccc(C)c1. The van der Waals surface area contributed by atoms with Gasteiger partial charge < -0.3 is 5.32 Å². The maximum Gasteiger partial charge on any atom is 0.233 e. The Morgan fingerprint density at radius 2 is 2.12 bits per heavy atom. The van der Waals surface area contributed by atoms with E-state index in [1.54, 1.807) is 0 Å². The highest BCUT2D eigenvalue weighted by Crippen LogP contribution is 2.27. The third kappa shape index (κ3) is 5.19. The van der Waals surface area contributed by atoms with E-state index in [1.165, 1.54) is 17.3 Å². The number of aromatic nitrogens is 3. The minimum Gasteiger partial charge on any atom is -0.355 e. The molecular formula is C19H26N4OS. The summed E-state index contributed by atoms with van der Waals surface area (Å²) in [6.45, 7) is 13.2. The molecule has 2 aromatic rings. The van der Waals surface area contributed by atoms with Crippen LogP contribution in [-0.2, 0) is 11.3 Å². The number of nitrogens with one attached hydrogen (secondary N) is 1. The fraction of sp³-hybridized carbons (Fsp3) is 0.421. The summed E-state index contributed by atoms with van der Waals surface area (Å²) < 4.78 is 2.00. The van der Waals surface area contributed by atoms with Gasteiger partial charge in [0.1, 0.15) is 0 Å². The number of carbonyl (C=O) groups excluding carboxylic acids is 1. The molecule has 1 atom stereocenters. The molecule has 25 heavy (non-hydrogen) atoms. The molecule has 0 aliphatic carbocycles. The van der Waals surface area contributed by atoms with Gasteiger partial charge in [-0.15, -0.1) is 16.8 Å². The second-order valence-electron chi connectivity index (χ2n) is 6.47. The second-order valence-corrected chi connectivity index (χ2v) is 7.78. The Balaban J connectivity index is 2.21. The fourth-order valence-corrected chi connectivity index (χ4v) is 3.21. The van der Waals surface area contributed by atoms with E-state index in [0.717, 1.165) is 16.5 Å². The summed E-state index contributed by atoms with van der Waals surface area (Å²) >= 11 is 1.42. The van der Waals surface area contributed by atoms with Crippen LogP contribution in [0.1, 0.15) is 26.3 Å². The average molecular weight is 359 g/mol. The van der Waals surface area contributed by atoms with Gasteiger partial charge in [-0.25, -0.2) is 0 Å². The zero-order chi connectivity index (χ0) is 18.4. The Morgan fingerprint density at radius 3 is 2.76 bits per heavy atom. The second kappa shape index (κ2) is 8.85. The topological polar surface area (TPSA) is 59.8 Å². The highest BCUT2D eigenvalue weighted by molar-refractivity contribution is 8.00. The highest BCUT2D eigenvalue weighted by atomic mass is 32.2. The molecule has 6 heteroatoms. The first-order chi connectivity index (χ1) is 11.9. The van der Waals surface area contributed by atoms with Gasteiger partial charge >= 0.3 is 0 Å². The first-order valence-electron chi connectivity index (χ1n) is 8.47. The van der Waals surface area contributed by atoms with Crippen molar-refractivity contribution < 1.29 is 4.79 Å². The first kappa shape index (κ1) is 19.2. The lowest BCUT2D eigenvalue weighted by molar-refractivity contribution is -0.120. The van der Waals surface area contributed by atoms with Crippen LogP contribution in [0.25, 0.3) is 11.4 Å². The normalized spacial score (nSPS) is 12.2. The van der Waals surface area contributed by atoms with Gasteiger partial charge in [-0.2, -0.15) is 0 Å². The van der Waals surface area contributed by atoms with E-state index >= 15 is 0 Å². The Bertz CT molecular complexity index is 739. The lowest BCUT2D eigenvalue weighted by atomic mass is 10.1. The van der Waals surface area contributed by atoms with Crippen LogP contribution in [0.3, 0.4) is 0 Å². The van der Waals surface area contributed by atoms with Gasteiger partial charge in [0.2, 0.25) is 5.91 Å². The molecule has 1 unspecified atom stereocenters. The molecule has 0 saturated carbocycles. The molecule has 0 spiro atoms. The van der Waals surface area contributed by atoms with E-state index in [2.05, 4.69) is 55.0 Å². The summed E-state index contributed by atoms with van der Waals surface area (Å²) in [5.74, 6) is 1.24. The van der Waals surface area contributed by atoms with Crippen molar-refractivity contribution in [2.45, 2.75) is 44.6 Å². The average Bonchev–Trinajstić information content (AvgIpc) is 2.95. The lowest BCUT2D eigenvalue weighted by Gasteiger charge is -2.14. The summed E-state index contributed by atoms with van der Waals surface area (Å²) in [6.07, 6.45) is 1.82. The quantitative estimate of drug-likeness (QED) is 0.577. The van der Waals surface area contributed by atoms with Crippen molar-refractivity contribution in [3.8, 4) is 11.4 Å². The van der Waals surface area contributed by atoms with Crippen LogP contribution >= 0.6 is 11.8 Å². The smallest absolute Gasteiger partial charge is 0.233 e. The number of allylic oxidation sites excluding steroid dienone is 1. The molecule has 0 fully saturated rings. The van der Waals surface area contributed by atoms with Gasteiger partial charge in [-0.05, 0) is 25.8 Å². The number of aryl methyl sites for hydroxylation is 1. The number of amides is 1. The molecule has 134 valence electrons. The highest BCUT2D eigenvalue weighted by Gasteiger charge is 2.20. The fourth-order valence-electron chi connectivity index (χ4n) is 2.33. The molecule has 0 bridgehead atoms. The standard InChI is InChI=1S/C19H26N4OS/c1-6-10-23-17(16-9-7-8-14(4)11-16)21-22-19(23)25-15(5)18(24)20-12-13(2)3/h6-9,11,13,15H,1,10,12H2,2-5H3,(H,20,24). The van der Waals surface area contributed by atoms with E-state index < -0.39 is 0 Å². The molecule has 2 rings (SSSR count). The number of hydrogen-bond acceptors (Lipinski definition) is 4. The Hall–Kier alpha value is -2.08. The van der Waals surface area contributed by atoms with Crippen LogP contribution in [0.2, 0.25) is 0 Å². The maximum atomic E-state index is 12.2. The van der Waals surface area contributed by atoms with Crippen molar-refractivity contribution in [1.82, 2.24) is 20.1 Å². The number of nitrogens with zero attached hydrogens (tertiary/aromatic N) is 3. The van der Waals surface area contributed by atoms with Crippen molar-refractivity contribution >= 4 is 17.7 Å². The molecule has 1 heterocycles. The molecule has 0 radical (unpaired) electrons. The molecule has 0 saturated heterocycles. The molecule has 0 aliphatic rings. The van der Waals surface area contributed by atoms with Gasteiger partial charge in [0, 0.05) is 18.7 Å². The zero-order valence-electron chi connectivity index (χ0n) is 15.3. The molecular weight excluding hydrogens is 332 g/mol. The number of thioether (sulfide) groups is 1. The van der Waals surface area contributed by atoms with Crippen molar-refractivity contribution in [2.24, 2.45) is 5.92 Å². The zero-order valence-corrected chi connectivity index (χ0v) is 16.1. The third-order valence-electron chi connectivity index (χ3n) is 3.64. The summed E-state index contributed by atoms with van der Waals surface area (Å²) in [7, 11) is 0. The Morgan fingerprint density at radius 1 is 1.36 bits per heavy atom. The van der Waals surface area contributed by atoms with Crippen LogP contribution in [0.4, 0.5) is 0 Å². The molecule has 1 aromatic carbocycles. The van der Waals surface area contributed by atoms with Gasteiger partial charge in [-0.1, -0.05) is 55.4 Å². The molecule has 5 nitrogen and oxygen atoms in total. The van der Waals surface area contributed by atoms with Crippen LogP contribution < -0.4 is 5.32 Å². The molecule has 0 aliphatic heterocycles. The van der Waals surface area contributed by atoms with E-state index in [-0.39, 0.29) is 11.2 Å². The van der Waals surface area contributed by atoms with Crippen molar-refractivity contribution in [2.75, 3.05) is 6.54 Å². The number of benzene rings is 1. The minimum absolute atomic E-state index is 0.0176. The summed E-state index contributed by atoms with van der Waals surface area (Å²) in [6, 6.07) is 8.15. The molecule has 1 amide bonds. The van der Waals surface area contributed by atoms with Crippen molar-refractivity contribution in [1.29, 1.82) is 0 Å². The largest absolute Gasteiger partial charge is 0.355 e. The number of carbonyl (C=O) groups is 1.